The first-order valence-corrected chi connectivity index (χ1v) is 10.6. The monoisotopic (exact) mass is 418 g/mol. The zero-order chi connectivity index (χ0) is 21.0. The van der Waals surface area contributed by atoms with Gasteiger partial charge in [-0.05, 0) is 61.9 Å². The first-order chi connectivity index (χ1) is 13.8. The van der Waals surface area contributed by atoms with Crippen LogP contribution in [0.2, 0.25) is 0 Å². The standard InChI is InChI=1S/C21H20F2N2O3S/c1-3-29(26,27)25(15(2)16-5-4-12-24-14-16)18-7-9-19(10-8-18)28-21-11-6-17(22)13-20(21)23/h4-15H,3H2,1-2H3. The summed E-state index contributed by atoms with van der Waals surface area (Å²) in [6.07, 6.45) is 3.24. The average Bonchev–Trinajstić information content (AvgIpc) is 2.72. The van der Waals surface area contributed by atoms with Crippen molar-refractivity contribution < 1.29 is 21.9 Å². The minimum Gasteiger partial charge on any atom is -0.454 e. The van der Waals surface area contributed by atoms with Crippen molar-refractivity contribution in [1.29, 1.82) is 0 Å². The molecule has 0 saturated heterocycles. The first kappa shape index (κ1) is 20.7. The van der Waals surface area contributed by atoms with Gasteiger partial charge in [-0.1, -0.05) is 6.07 Å². The lowest BCUT2D eigenvalue weighted by Gasteiger charge is -2.30. The Balaban J connectivity index is 1.91. The highest BCUT2D eigenvalue weighted by Gasteiger charge is 2.27. The lowest BCUT2D eigenvalue weighted by atomic mass is 10.1. The Labute approximate surface area is 168 Å². The summed E-state index contributed by atoms with van der Waals surface area (Å²) in [5.74, 6) is -1.43. The van der Waals surface area contributed by atoms with Crippen LogP contribution in [-0.4, -0.2) is 19.2 Å². The summed E-state index contributed by atoms with van der Waals surface area (Å²) in [5, 5.41) is 0. The Morgan fingerprint density at radius 2 is 1.83 bits per heavy atom. The Hall–Kier alpha value is -3.00. The fraction of sp³-hybridized carbons (Fsp3) is 0.190. The third-order valence-electron chi connectivity index (χ3n) is 4.40. The molecule has 152 valence electrons. The van der Waals surface area contributed by atoms with Gasteiger partial charge in [0.05, 0.1) is 17.5 Å². The van der Waals surface area contributed by atoms with Crippen molar-refractivity contribution in [3.63, 3.8) is 0 Å². The SMILES string of the molecule is CCS(=O)(=O)N(c1ccc(Oc2ccc(F)cc2F)cc1)C(C)c1cccnc1. The van der Waals surface area contributed by atoms with Crippen molar-refractivity contribution in [3.8, 4) is 11.5 Å². The lowest BCUT2D eigenvalue weighted by molar-refractivity contribution is 0.437. The number of ether oxygens (including phenoxy) is 1. The molecule has 3 aromatic rings. The van der Waals surface area contributed by atoms with Crippen molar-refractivity contribution in [2.45, 2.75) is 19.9 Å². The van der Waals surface area contributed by atoms with E-state index >= 15 is 0 Å². The number of aromatic nitrogens is 1. The van der Waals surface area contributed by atoms with Gasteiger partial charge >= 0.3 is 0 Å². The molecule has 1 atom stereocenters. The van der Waals surface area contributed by atoms with E-state index in [-0.39, 0.29) is 11.5 Å². The molecule has 3 rings (SSSR count). The minimum absolute atomic E-state index is 0.0728. The second-order valence-electron chi connectivity index (χ2n) is 6.33. The molecule has 0 fully saturated rings. The molecule has 0 N–H and O–H groups in total. The molecule has 2 aromatic carbocycles. The van der Waals surface area contributed by atoms with Crippen LogP contribution in [-0.2, 0) is 10.0 Å². The van der Waals surface area contributed by atoms with Gasteiger partial charge in [0.2, 0.25) is 10.0 Å². The van der Waals surface area contributed by atoms with Crippen LogP contribution in [0.1, 0.15) is 25.5 Å². The van der Waals surface area contributed by atoms with Crippen molar-refractivity contribution in [2.24, 2.45) is 0 Å². The maximum Gasteiger partial charge on any atom is 0.235 e. The summed E-state index contributed by atoms with van der Waals surface area (Å²) in [6.45, 7) is 3.36. The Kier molecular flexibility index (Phi) is 6.12. The normalized spacial score (nSPS) is 12.4. The van der Waals surface area contributed by atoms with E-state index in [0.717, 1.165) is 17.7 Å². The van der Waals surface area contributed by atoms with E-state index in [0.29, 0.717) is 11.4 Å². The van der Waals surface area contributed by atoms with E-state index in [2.05, 4.69) is 4.98 Å². The second kappa shape index (κ2) is 8.57. The van der Waals surface area contributed by atoms with E-state index in [4.69, 9.17) is 4.74 Å². The van der Waals surface area contributed by atoms with E-state index in [1.54, 1.807) is 44.4 Å². The Morgan fingerprint density at radius 3 is 2.41 bits per heavy atom. The maximum absolute atomic E-state index is 13.8. The van der Waals surface area contributed by atoms with E-state index in [1.807, 2.05) is 6.07 Å². The molecule has 0 saturated carbocycles. The second-order valence-corrected chi connectivity index (χ2v) is 8.46. The number of benzene rings is 2. The number of anilines is 1. The van der Waals surface area contributed by atoms with Crippen molar-refractivity contribution in [1.82, 2.24) is 4.98 Å². The highest BCUT2D eigenvalue weighted by Crippen LogP contribution is 2.32. The summed E-state index contributed by atoms with van der Waals surface area (Å²) in [5.41, 5.74) is 1.19. The molecule has 8 heteroatoms. The molecular formula is C21H20F2N2O3S. The number of sulfonamides is 1. The van der Waals surface area contributed by atoms with E-state index in [9.17, 15) is 17.2 Å². The van der Waals surface area contributed by atoms with Gasteiger partial charge in [0.1, 0.15) is 11.6 Å². The first-order valence-electron chi connectivity index (χ1n) is 8.97. The molecule has 0 aliphatic heterocycles. The van der Waals surface area contributed by atoms with Crippen LogP contribution >= 0.6 is 0 Å². The molecule has 0 aliphatic rings. The maximum atomic E-state index is 13.8. The average molecular weight is 418 g/mol. The van der Waals surface area contributed by atoms with Gasteiger partial charge in [-0.2, -0.15) is 0 Å². The van der Waals surface area contributed by atoms with Crippen LogP contribution in [0.4, 0.5) is 14.5 Å². The van der Waals surface area contributed by atoms with Gasteiger partial charge in [-0.25, -0.2) is 17.2 Å². The summed E-state index contributed by atoms with van der Waals surface area (Å²) >= 11 is 0. The molecule has 0 aliphatic carbocycles. The number of halogens is 2. The van der Waals surface area contributed by atoms with Crippen molar-refractivity contribution >= 4 is 15.7 Å². The quantitative estimate of drug-likeness (QED) is 0.538. The number of pyridine rings is 1. The van der Waals surface area contributed by atoms with Gasteiger partial charge in [-0.3, -0.25) is 9.29 Å². The van der Waals surface area contributed by atoms with Crippen LogP contribution in [0, 0.1) is 11.6 Å². The minimum atomic E-state index is -3.58. The largest absolute Gasteiger partial charge is 0.454 e. The van der Waals surface area contributed by atoms with Gasteiger partial charge in [0.15, 0.2) is 11.6 Å². The molecule has 0 amide bonds. The van der Waals surface area contributed by atoms with Crippen LogP contribution in [0.3, 0.4) is 0 Å². The lowest BCUT2D eigenvalue weighted by Crippen LogP contribution is -2.34. The molecule has 5 nitrogen and oxygen atoms in total. The summed E-state index contributed by atoms with van der Waals surface area (Å²) in [7, 11) is -3.58. The fourth-order valence-corrected chi connectivity index (χ4v) is 4.19. The van der Waals surface area contributed by atoms with Crippen molar-refractivity contribution in [2.75, 3.05) is 10.1 Å². The third kappa shape index (κ3) is 4.71. The molecule has 1 aromatic heterocycles. The van der Waals surface area contributed by atoms with Crippen LogP contribution in [0.5, 0.6) is 11.5 Å². The zero-order valence-electron chi connectivity index (χ0n) is 15.9. The molecule has 0 spiro atoms. The predicted octanol–water partition coefficient (Wildman–Crippen LogP) is 5.07. The number of rotatable bonds is 7. The highest BCUT2D eigenvalue weighted by atomic mass is 32.2. The van der Waals surface area contributed by atoms with Crippen LogP contribution in [0.15, 0.2) is 67.0 Å². The Bertz CT molecular complexity index is 1070. The van der Waals surface area contributed by atoms with Crippen LogP contribution < -0.4 is 9.04 Å². The summed E-state index contributed by atoms with van der Waals surface area (Å²) in [4.78, 5) is 4.06. The van der Waals surface area contributed by atoms with Gasteiger partial charge in [0, 0.05) is 18.5 Å². The molecule has 1 unspecified atom stereocenters. The molecule has 0 radical (unpaired) electrons. The molecule has 1 heterocycles. The third-order valence-corrected chi connectivity index (χ3v) is 6.25. The number of hydrogen-bond donors (Lipinski definition) is 0. The Morgan fingerprint density at radius 1 is 1.10 bits per heavy atom. The topological polar surface area (TPSA) is 59.5 Å². The van der Waals surface area contributed by atoms with Gasteiger partial charge in [0.25, 0.3) is 0 Å². The summed E-state index contributed by atoms with van der Waals surface area (Å²) < 4.78 is 59.1. The van der Waals surface area contributed by atoms with Gasteiger partial charge < -0.3 is 4.74 Å². The van der Waals surface area contributed by atoms with E-state index in [1.165, 1.54) is 22.5 Å². The zero-order valence-corrected chi connectivity index (χ0v) is 16.7. The number of nitrogens with zero attached hydrogens (tertiary/aromatic N) is 2. The number of hydrogen-bond acceptors (Lipinski definition) is 4. The van der Waals surface area contributed by atoms with E-state index < -0.39 is 27.7 Å². The van der Waals surface area contributed by atoms with Gasteiger partial charge in [-0.15, -0.1) is 0 Å². The predicted molar refractivity (Wildman–Crippen MR) is 107 cm³/mol. The highest BCUT2D eigenvalue weighted by molar-refractivity contribution is 7.92. The smallest absolute Gasteiger partial charge is 0.235 e. The van der Waals surface area contributed by atoms with Crippen LogP contribution in [0.25, 0.3) is 0 Å². The molecular weight excluding hydrogens is 398 g/mol. The molecule has 29 heavy (non-hydrogen) atoms. The molecule has 0 bridgehead atoms. The van der Waals surface area contributed by atoms with Crippen molar-refractivity contribution in [3.05, 3.63) is 84.2 Å². The fourth-order valence-electron chi connectivity index (χ4n) is 2.87. The summed E-state index contributed by atoms with van der Waals surface area (Å²) in [6, 6.07) is 12.3.